The summed E-state index contributed by atoms with van der Waals surface area (Å²) in [4.78, 5) is 4.88. The van der Waals surface area contributed by atoms with E-state index in [0.717, 1.165) is 17.8 Å². The van der Waals surface area contributed by atoms with E-state index in [-0.39, 0.29) is 5.54 Å². The van der Waals surface area contributed by atoms with Gasteiger partial charge in [0.1, 0.15) is 0 Å². The molecule has 1 rings (SSSR count). The van der Waals surface area contributed by atoms with Gasteiger partial charge in [-0.15, -0.1) is 0 Å². The molecule has 0 saturated carbocycles. The van der Waals surface area contributed by atoms with Crippen LogP contribution in [0.3, 0.4) is 0 Å². The van der Waals surface area contributed by atoms with Crippen molar-refractivity contribution < 1.29 is 0 Å². The summed E-state index contributed by atoms with van der Waals surface area (Å²) in [6.07, 6.45) is 14.3. The van der Waals surface area contributed by atoms with Gasteiger partial charge in [0.2, 0.25) is 0 Å². The fourth-order valence-corrected chi connectivity index (χ4v) is 3.14. The number of allylic oxidation sites excluding steroid dienone is 1. The van der Waals surface area contributed by atoms with Crippen molar-refractivity contribution in [3.63, 3.8) is 0 Å². The molecule has 1 atom stereocenters. The number of aliphatic imine (C=N–C) groups is 1. The van der Waals surface area contributed by atoms with Gasteiger partial charge in [-0.2, -0.15) is 0 Å². The molecular weight excluding hydrogens is 230 g/mol. The van der Waals surface area contributed by atoms with Gasteiger partial charge in [-0.25, -0.2) is 0 Å². The van der Waals surface area contributed by atoms with Crippen LogP contribution in [0.1, 0.15) is 73.1 Å². The average Bonchev–Trinajstić information content (AvgIpc) is 2.78. The highest BCUT2D eigenvalue weighted by molar-refractivity contribution is 5.75. The molecule has 1 aliphatic heterocycles. The fraction of sp³-hybridized carbons (Fsp3) is 0.833. The Balaban J connectivity index is 2.74. The molecule has 0 aromatic carbocycles. The number of nitrogens with zero attached hydrogens (tertiary/aromatic N) is 1. The van der Waals surface area contributed by atoms with Crippen molar-refractivity contribution in [1.29, 1.82) is 0 Å². The lowest BCUT2D eigenvalue weighted by atomic mass is 9.74. The van der Waals surface area contributed by atoms with Crippen molar-refractivity contribution in [2.45, 2.75) is 78.7 Å². The summed E-state index contributed by atoms with van der Waals surface area (Å²) in [7, 11) is 0. The van der Waals surface area contributed by atoms with Crippen LogP contribution in [0.2, 0.25) is 0 Å². The third-order valence-electron chi connectivity index (χ3n) is 4.33. The molecule has 0 spiro atoms. The number of hydrogen-bond acceptors (Lipinski definition) is 1. The lowest BCUT2D eigenvalue weighted by molar-refractivity contribution is 0.252. The molecule has 0 bridgehead atoms. The molecule has 110 valence electrons. The summed E-state index contributed by atoms with van der Waals surface area (Å²) in [5, 5.41) is 0. The Bertz CT molecular complexity index is 275. The van der Waals surface area contributed by atoms with Gasteiger partial charge in [-0.1, -0.05) is 60.0 Å². The summed E-state index contributed by atoms with van der Waals surface area (Å²) in [5.74, 6) is 2.33. The molecule has 1 heterocycles. The van der Waals surface area contributed by atoms with Crippen molar-refractivity contribution in [3.8, 4) is 0 Å². The molecule has 0 amide bonds. The highest BCUT2D eigenvalue weighted by atomic mass is 14.9. The Morgan fingerprint density at radius 3 is 1.89 bits per heavy atom. The van der Waals surface area contributed by atoms with E-state index < -0.39 is 0 Å². The van der Waals surface area contributed by atoms with Crippen LogP contribution < -0.4 is 0 Å². The van der Waals surface area contributed by atoms with E-state index in [0.29, 0.717) is 0 Å². The van der Waals surface area contributed by atoms with Crippen LogP contribution >= 0.6 is 0 Å². The molecule has 0 aromatic rings. The van der Waals surface area contributed by atoms with Gasteiger partial charge >= 0.3 is 0 Å². The van der Waals surface area contributed by atoms with Crippen LogP contribution in [0, 0.1) is 17.8 Å². The van der Waals surface area contributed by atoms with Gasteiger partial charge in [0.25, 0.3) is 0 Å². The molecule has 1 aliphatic rings. The SMILES string of the molecule is CCCC1(C(CCC(C)C)CCC(C)C)C=CC=N1. The van der Waals surface area contributed by atoms with Crippen LogP contribution in [0.4, 0.5) is 0 Å². The Kier molecular flexibility index (Phi) is 6.82. The summed E-state index contributed by atoms with van der Waals surface area (Å²) in [6.45, 7) is 11.6. The molecule has 1 heteroatoms. The third-order valence-corrected chi connectivity index (χ3v) is 4.33. The minimum atomic E-state index is 0.124. The van der Waals surface area contributed by atoms with E-state index in [1.807, 2.05) is 6.21 Å². The minimum absolute atomic E-state index is 0.124. The molecule has 0 aromatic heterocycles. The summed E-state index contributed by atoms with van der Waals surface area (Å²) < 4.78 is 0. The van der Waals surface area contributed by atoms with Gasteiger partial charge in [-0.05, 0) is 43.1 Å². The summed E-state index contributed by atoms with van der Waals surface area (Å²) >= 11 is 0. The molecule has 0 radical (unpaired) electrons. The van der Waals surface area contributed by atoms with Gasteiger partial charge in [0.05, 0.1) is 5.54 Å². The Labute approximate surface area is 120 Å². The van der Waals surface area contributed by atoms with Crippen molar-refractivity contribution in [3.05, 3.63) is 12.2 Å². The Hall–Kier alpha value is -0.590. The first-order valence-corrected chi connectivity index (χ1v) is 8.23. The monoisotopic (exact) mass is 263 g/mol. The maximum absolute atomic E-state index is 4.88. The predicted octanol–water partition coefficient (Wildman–Crippen LogP) is 5.65. The van der Waals surface area contributed by atoms with E-state index in [1.54, 1.807) is 0 Å². The molecule has 19 heavy (non-hydrogen) atoms. The van der Waals surface area contributed by atoms with Crippen molar-refractivity contribution in [2.75, 3.05) is 0 Å². The van der Waals surface area contributed by atoms with Crippen LogP contribution in [0.5, 0.6) is 0 Å². The van der Waals surface area contributed by atoms with Crippen molar-refractivity contribution in [2.24, 2.45) is 22.7 Å². The summed E-state index contributed by atoms with van der Waals surface area (Å²) in [6, 6.07) is 0. The predicted molar refractivity (Wildman–Crippen MR) is 86.9 cm³/mol. The first-order valence-electron chi connectivity index (χ1n) is 8.23. The van der Waals surface area contributed by atoms with Gasteiger partial charge in [-0.3, -0.25) is 4.99 Å². The Morgan fingerprint density at radius 2 is 1.53 bits per heavy atom. The standard InChI is InChI=1S/C18H33N/c1-6-12-18(13-7-14-19-18)17(10-8-15(2)3)11-9-16(4)5/h7,13-17H,6,8-12H2,1-5H3. The second-order valence-corrected chi connectivity index (χ2v) is 7.02. The van der Waals surface area contributed by atoms with E-state index in [1.165, 1.54) is 38.5 Å². The quantitative estimate of drug-likeness (QED) is 0.509. The third kappa shape index (κ3) is 5.12. The first-order chi connectivity index (χ1) is 9.00. The van der Waals surface area contributed by atoms with Gasteiger partial charge < -0.3 is 0 Å². The molecular formula is C18H33N. The maximum atomic E-state index is 4.88. The normalized spacial score (nSPS) is 22.3. The largest absolute Gasteiger partial charge is 0.282 e. The van der Waals surface area contributed by atoms with Gasteiger partial charge in [0.15, 0.2) is 0 Å². The van der Waals surface area contributed by atoms with Crippen LogP contribution in [-0.4, -0.2) is 11.8 Å². The van der Waals surface area contributed by atoms with Crippen LogP contribution in [-0.2, 0) is 0 Å². The Morgan fingerprint density at radius 1 is 0.947 bits per heavy atom. The van der Waals surface area contributed by atoms with Crippen LogP contribution in [0.25, 0.3) is 0 Å². The summed E-state index contributed by atoms with van der Waals surface area (Å²) in [5.41, 5.74) is 0.124. The number of rotatable bonds is 9. The lowest BCUT2D eigenvalue weighted by Crippen LogP contribution is -2.33. The molecule has 1 nitrogen and oxygen atoms in total. The lowest BCUT2D eigenvalue weighted by Gasteiger charge is -2.35. The van der Waals surface area contributed by atoms with Crippen LogP contribution in [0.15, 0.2) is 17.1 Å². The van der Waals surface area contributed by atoms with E-state index in [2.05, 4.69) is 46.8 Å². The maximum Gasteiger partial charge on any atom is 0.0819 e. The molecule has 0 fully saturated rings. The minimum Gasteiger partial charge on any atom is -0.282 e. The second kappa shape index (κ2) is 7.87. The number of hydrogen-bond donors (Lipinski definition) is 0. The topological polar surface area (TPSA) is 12.4 Å². The highest BCUT2D eigenvalue weighted by Gasteiger charge is 2.35. The first kappa shape index (κ1) is 16.5. The average molecular weight is 263 g/mol. The van der Waals surface area contributed by atoms with Crippen molar-refractivity contribution >= 4 is 6.21 Å². The van der Waals surface area contributed by atoms with E-state index in [9.17, 15) is 0 Å². The van der Waals surface area contributed by atoms with E-state index in [4.69, 9.17) is 4.99 Å². The second-order valence-electron chi connectivity index (χ2n) is 7.02. The molecule has 0 N–H and O–H groups in total. The van der Waals surface area contributed by atoms with E-state index >= 15 is 0 Å². The molecule has 1 unspecified atom stereocenters. The zero-order valence-electron chi connectivity index (χ0n) is 13.7. The fourth-order valence-electron chi connectivity index (χ4n) is 3.14. The zero-order chi connectivity index (χ0) is 14.3. The van der Waals surface area contributed by atoms with Gasteiger partial charge in [0, 0.05) is 6.21 Å². The molecule has 0 aliphatic carbocycles. The molecule has 0 saturated heterocycles. The zero-order valence-corrected chi connectivity index (χ0v) is 13.7. The smallest absolute Gasteiger partial charge is 0.0819 e. The van der Waals surface area contributed by atoms with Crippen molar-refractivity contribution in [1.82, 2.24) is 0 Å². The highest BCUT2D eigenvalue weighted by Crippen LogP contribution is 2.38.